The van der Waals surface area contributed by atoms with Crippen LogP contribution in [0.4, 0.5) is 10.5 Å². The number of imide groups is 1. The Kier molecular flexibility index (Phi) is 5.08. The Labute approximate surface area is 146 Å². The first kappa shape index (κ1) is 17.2. The minimum atomic E-state index is -0.186. The molecule has 1 heterocycles. The lowest BCUT2D eigenvalue weighted by molar-refractivity contribution is -0.825. The highest BCUT2D eigenvalue weighted by atomic mass is 32.2. The van der Waals surface area contributed by atoms with E-state index in [0.29, 0.717) is 17.1 Å². The topological polar surface area (TPSA) is 74.2 Å². The number of hydrogen-bond donors (Lipinski definition) is 2. The number of quaternary nitrogens is 1. The lowest BCUT2D eigenvalue weighted by Gasteiger charge is -2.35. The van der Waals surface area contributed by atoms with Gasteiger partial charge in [0.2, 0.25) is 0 Å². The zero-order valence-corrected chi connectivity index (χ0v) is 14.6. The average Bonchev–Trinajstić information content (AvgIpc) is 2.83. The van der Waals surface area contributed by atoms with Gasteiger partial charge in [0.1, 0.15) is 0 Å². The second-order valence-corrected chi connectivity index (χ2v) is 7.93. The van der Waals surface area contributed by atoms with Gasteiger partial charge in [-0.1, -0.05) is 26.2 Å². The molecule has 0 bridgehead atoms. The van der Waals surface area contributed by atoms with Gasteiger partial charge in [-0.05, 0) is 53.8 Å². The molecule has 2 aliphatic rings. The number of amides is 2. The van der Waals surface area contributed by atoms with E-state index < -0.39 is 0 Å². The van der Waals surface area contributed by atoms with Gasteiger partial charge < -0.3 is 0 Å². The fourth-order valence-corrected chi connectivity index (χ4v) is 4.25. The number of benzene rings is 1. The summed E-state index contributed by atoms with van der Waals surface area (Å²) in [5.74, 6) is -0.186. The van der Waals surface area contributed by atoms with E-state index in [2.05, 4.69) is 6.92 Å². The van der Waals surface area contributed by atoms with Crippen molar-refractivity contribution in [1.82, 2.24) is 4.90 Å². The van der Waals surface area contributed by atoms with Gasteiger partial charge >= 0.3 is 0 Å². The van der Waals surface area contributed by atoms with Gasteiger partial charge in [-0.3, -0.25) is 14.5 Å². The van der Waals surface area contributed by atoms with Crippen LogP contribution in [0.1, 0.15) is 44.6 Å². The molecule has 2 fully saturated rings. The van der Waals surface area contributed by atoms with E-state index in [-0.39, 0.29) is 16.6 Å². The van der Waals surface area contributed by atoms with Crippen molar-refractivity contribution >= 4 is 34.7 Å². The highest BCUT2D eigenvalue weighted by Gasteiger charge is 2.40. The van der Waals surface area contributed by atoms with Crippen molar-refractivity contribution in [3.05, 3.63) is 34.7 Å². The van der Waals surface area contributed by atoms with Crippen LogP contribution in [0.25, 0.3) is 6.08 Å². The zero-order chi connectivity index (χ0) is 17.2. The van der Waals surface area contributed by atoms with Crippen LogP contribution in [0.15, 0.2) is 29.2 Å². The van der Waals surface area contributed by atoms with Crippen molar-refractivity contribution in [2.45, 2.75) is 39.0 Å². The largest absolute Gasteiger partial charge is 0.293 e. The summed E-state index contributed by atoms with van der Waals surface area (Å²) in [4.78, 5) is 26.8. The minimum absolute atomic E-state index is 0.0538. The number of carbonyl (C=O) groups excluding carboxylic acids is 2. The van der Waals surface area contributed by atoms with Crippen LogP contribution in [-0.4, -0.2) is 27.8 Å². The summed E-state index contributed by atoms with van der Waals surface area (Å²) in [5, 5.41) is 8.79. The molecule has 6 heteroatoms. The first-order chi connectivity index (χ1) is 11.5. The van der Waals surface area contributed by atoms with Gasteiger partial charge in [0, 0.05) is 18.7 Å². The Morgan fingerprint density at radius 3 is 2.50 bits per heavy atom. The first-order valence-corrected chi connectivity index (χ1v) is 9.15. The van der Waals surface area contributed by atoms with Gasteiger partial charge in [-0.2, -0.15) is 5.48 Å². The second kappa shape index (κ2) is 7.09. The lowest BCUT2D eigenvalue weighted by Crippen LogP contribution is -2.73. The quantitative estimate of drug-likeness (QED) is 0.498. The summed E-state index contributed by atoms with van der Waals surface area (Å²) >= 11 is 1.02. The number of rotatable bonds is 4. The number of hydrogen-bond acceptors (Lipinski definition) is 4. The first-order valence-electron chi connectivity index (χ1n) is 8.34. The highest BCUT2D eigenvalue weighted by Crippen LogP contribution is 2.40. The molecule has 0 radical (unpaired) electrons. The summed E-state index contributed by atoms with van der Waals surface area (Å²) in [7, 11) is 0. The molecule has 3 rings (SSSR count). The molecule has 1 saturated heterocycles. The molecule has 1 aromatic rings. The molecule has 1 aromatic carbocycles. The van der Waals surface area contributed by atoms with E-state index in [0.717, 1.165) is 35.6 Å². The molecule has 1 aliphatic heterocycles. The summed E-state index contributed by atoms with van der Waals surface area (Å²) in [6.07, 6.45) is 7.50. The molecule has 0 atom stereocenters. The maximum absolute atomic E-state index is 12.6. The third-order valence-corrected chi connectivity index (χ3v) is 5.76. The van der Waals surface area contributed by atoms with Crippen molar-refractivity contribution in [2.24, 2.45) is 5.41 Å². The number of carbonyl (C=O) groups is 2. The van der Waals surface area contributed by atoms with Crippen molar-refractivity contribution < 1.29 is 20.3 Å². The fraction of sp³-hybridized carbons (Fsp3) is 0.444. The van der Waals surface area contributed by atoms with Crippen LogP contribution in [-0.2, 0) is 4.79 Å². The number of nitrogens with zero attached hydrogens (tertiary/aromatic N) is 1. The normalized spacial score (nSPS) is 22.4. The zero-order valence-electron chi connectivity index (χ0n) is 13.8. The Hall–Kier alpha value is -1.63. The predicted octanol–water partition coefficient (Wildman–Crippen LogP) is 3.28. The van der Waals surface area contributed by atoms with Gasteiger partial charge in [0.05, 0.1) is 4.91 Å². The smallest absolute Gasteiger partial charge is 0.268 e. The molecule has 1 saturated carbocycles. The standard InChI is InChI=1S/C18H22N2O3S/c1-18(9-3-2-4-10-18)12-20-16(21)15(24-17(20)22)11-13-5-7-14(19-23)8-6-13/h5-8,11,19,23H,2-4,9-10,12H2,1H3/p+1/b15-11-. The Morgan fingerprint density at radius 1 is 1.21 bits per heavy atom. The number of nitrogens with two attached hydrogens (primary N) is 1. The van der Waals surface area contributed by atoms with Crippen LogP contribution in [0, 0.1) is 5.41 Å². The molecule has 3 N–H and O–H groups in total. The maximum atomic E-state index is 12.6. The maximum Gasteiger partial charge on any atom is 0.293 e. The van der Waals surface area contributed by atoms with E-state index in [1.807, 2.05) is 12.1 Å². The Balaban J connectivity index is 1.74. The van der Waals surface area contributed by atoms with Crippen molar-refractivity contribution in [3.8, 4) is 0 Å². The van der Waals surface area contributed by atoms with E-state index in [4.69, 9.17) is 5.21 Å². The molecule has 0 spiro atoms. The average molecular weight is 347 g/mol. The van der Waals surface area contributed by atoms with Crippen LogP contribution in [0.2, 0.25) is 0 Å². The minimum Gasteiger partial charge on any atom is -0.268 e. The Morgan fingerprint density at radius 2 is 1.88 bits per heavy atom. The van der Waals surface area contributed by atoms with Crippen molar-refractivity contribution in [1.29, 1.82) is 0 Å². The molecule has 2 amide bonds. The Bertz CT molecular complexity index is 663. The summed E-state index contributed by atoms with van der Waals surface area (Å²) in [5.41, 5.74) is 2.63. The molecule has 128 valence electrons. The van der Waals surface area contributed by atoms with E-state index >= 15 is 0 Å². The molecule has 24 heavy (non-hydrogen) atoms. The summed E-state index contributed by atoms with van der Waals surface area (Å²) in [6, 6.07) is 7.16. The van der Waals surface area contributed by atoms with Crippen molar-refractivity contribution in [2.75, 3.05) is 6.54 Å². The van der Waals surface area contributed by atoms with Gasteiger partial charge in [0.25, 0.3) is 11.1 Å². The van der Waals surface area contributed by atoms with Gasteiger partial charge in [0.15, 0.2) is 5.69 Å². The lowest BCUT2D eigenvalue weighted by atomic mass is 9.75. The van der Waals surface area contributed by atoms with E-state index in [1.54, 1.807) is 18.2 Å². The third-order valence-electron chi connectivity index (χ3n) is 4.86. The van der Waals surface area contributed by atoms with Crippen LogP contribution >= 0.6 is 11.8 Å². The van der Waals surface area contributed by atoms with Crippen LogP contribution < -0.4 is 5.48 Å². The van der Waals surface area contributed by atoms with Crippen LogP contribution in [0.3, 0.4) is 0 Å². The highest BCUT2D eigenvalue weighted by molar-refractivity contribution is 8.18. The van der Waals surface area contributed by atoms with Gasteiger partial charge in [-0.25, -0.2) is 5.21 Å². The SMILES string of the molecule is CC1(CN2C(=O)S/C(=C\c3ccc([NH2+]O)cc3)C2=O)CCCCC1. The monoisotopic (exact) mass is 347 g/mol. The molecular formula is C18H23N2O3S+. The third kappa shape index (κ3) is 3.71. The molecule has 0 unspecified atom stereocenters. The van der Waals surface area contributed by atoms with E-state index in [9.17, 15) is 9.59 Å². The summed E-state index contributed by atoms with van der Waals surface area (Å²) < 4.78 is 0. The molecule has 0 aromatic heterocycles. The number of thioether (sulfide) groups is 1. The molecular weight excluding hydrogens is 324 g/mol. The van der Waals surface area contributed by atoms with E-state index in [1.165, 1.54) is 24.2 Å². The molecule has 1 aliphatic carbocycles. The summed E-state index contributed by atoms with van der Waals surface area (Å²) in [6.45, 7) is 2.70. The van der Waals surface area contributed by atoms with Crippen LogP contribution in [0.5, 0.6) is 0 Å². The van der Waals surface area contributed by atoms with Gasteiger partial charge in [-0.15, -0.1) is 0 Å². The predicted molar refractivity (Wildman–Crippen MR) is 93.7 cm³/mol. The fourth-order valence-electron chi connectivity index (χ4n) is 3.41. The van der Waals surface area contributed by atoms with Crippen molar-refractivity contribution in [3.63, 3.8) is 0 Å². The molecule has 5 nitrogen and oxygen atoms in total. The second-order valence-electron chi connectivity index (χ2n) is 6.93.